The summed E-state index contributed by atoms with van der Waals surface area (Å²) in [4.78, 5) is 28.6. The summed E-state index contributed by atoms with van der Waals surface area (Å²) in [6.45, 7) is 2.38. The summed E-state index contributed by atoms with van der Waals surface area (Å²) in [7, 11) is 3.37. The van der Waals surface area contributed by atoms with Gasteiger partial charge in [0.25, 0.3) is 0 Å². The smallest absolute Gasteiger partial charge is 0.241 e. The summed E-state index contributed by atoms with van der Waals surface area (Å²) >= 11 is 0. The summed E-state index contributed by atoms with van der Waals surface area (Å²) in [5.74, 6) is 0.577. The number of rotatable bonds is 6. The predicted molar refractivity (Wildman–Crippen MR) is 106 cm³/mol. The highest BCUT2D eigenvalue weighted by Crippen LogP contribution is 2.31. The molecule has 0 aliphatic carbocycles. The van der Waals surface area contributed by atoms with Crippen molar-refractivity contribution in [3.05, 3.63) is 54.1 Å². The first-order valence-corrected chi connectivity index (χ1v) is 9.00. The Morgan fingerprint density at radius 2 is 1.85 bits per heavy atom. The largest absolute Gasteiger partial charge is 0.497 e. The highest BCUT2D eigenvalue weighted by Gasteiger charge is 2.30. The number of fused-ring (bicyclic) bond motifs is 1. The monoisotopic (exact) mass is 367 g/mol. The lowest BCUT2D eigenvalue weighted by atomic mass is 10.1. The Labute approximate surface area is 159 Å². The second kappa shape index (κ2) is 8.22. The summed E-state index contributed by atoms with van der Waals surface area (Å²) in [6.07, 6.45) is 0.865. The van der Waals surface area contributed by atoms with Crippen molar-refractivity contribution in [2.45, 2.75) is 19.4 Å². The average Bonchev–Trinajstić information content (AvgIpc) is 2.97. The van der Waals surface area contributed by atoms with Crippen LogP contribution in [0.5, 0.6) is 5.75 Å². The zero-order valence-corrected chi connectivity index (χ0v) is 15.9. The third-order valence-electron chi connectivity index (χ3n) is 4.67. The van der Waals surface area contributed by atoms with Gasteiger partial charge in [0.2, 0.25) is 11.8 Å². The van der Waals surface area contributed by atoms with Crippen LogP contribution < -0.4 is 15.0 Å². The molecule has 3 rings (SSSR count). The summed E-state index contributed by atoms with van der Waals surface area (Å²) in [5.41, 5.74) is 2.87. The lowest BCUT2D eigenvalue weighted by Gasteiger charge is -2.25. The Morgan fingerprint density at radius 1 is 1.15 bits per heavy atom. The molecule has 0 fully saturated rings. The molecule has 2 aromatic carbocycles. The molecule has 0 saturated carbocycles. The molecule has 2 aromatic rings. The van der Waals surface area contributed by atoms with Gasteiger partial charge in [0, 0.05) is 17.4 Å². The van der Waals surface area contributed by atoms with E-state index in [1.54, 1.807) is 43.3 Å². The maximum absolute atomic E-state index is 12.8. The van der Waals surface area contributed by atoms with E-state index in [4.69, 9.17) is 4.74 Å². The minimum atomic E-state index is -0.162. The first-order valence-electron chi connectivity index (χ1n) is 9.00. The number of hydrogen-bond acceptors (Lipinski definition) is 4. The van der Waals surface area contributed by atoms with Gasteiger partial charge >= 0.3 is 0 Å². The molecule has 0 radical (unpaired) electrons. The van der Waals surface area contributed by atoms with E-state index < -0.39 is 0 Å². The van der Waals surface area contributed by atoms with Gasteiger partial charge < -0.3 is 15.0 Å². The average molecular weight is 367 g/mol. The van der Waals surface area contributed by atoms with Crippen LogP contribution >= 0.6 is 0 Å². The molecule has 6 heteroatoms. The van der Waals surface area contributed by atoms with Crippen LogP contribution in [0.25, 0.3) is 0 Å². The van der Waals surface area contributed by atoms with Gasteiger partial charge in [0.05, 0.1) is 20.2 Å². The second-order valence-corrected chi connectivity index (χ2v) is 6.89. The number of para-hydroxylation sites is 1. The van der Waals surface area contributed by atoms with Gasteiger partial charge in [-0.25, -0.2) is 0 Å². The maximum atomic E-state index is 12.8. The Hall–Kier alpha value is -2.86. The van der Waals surface area contributed by atoms with E-state index in [2.05, 4.69) is 11.4 Å². The van der Waals surface area contributed by atoms with Crippen LogP contribution in [0.15, 0.2) is 48.5 Å². The van der Waals surface area contributed by atoms with Crippen molar-refractivity contribution in [1.29, 1.82) is 0 Å². The molecule has 1 aliphatic rings. The van der Waals surface area contributed by atoms with E-state index in [0.717, 1.165) is 17.9 Å². The number of methoxy groups -OCH3 is 1. The van der Waals surface area contributed by atoms with E-state index in [9.17, 15) is 9.59 Å². The molecule has 0 saturated heterocycles. The zero-order valence-electron chi connectivity index (χ0n) is 15.9. The maximum Gasteiger partial charge on any atom is 0.241 e. The van der Waals surface area contributed by atoms with Crippen LogP contribution in [0.1, 0.15) is 12.5 Å². The molecular formula is C21H25N3O3. The number of nitrogens with one attached hydrogen (secondary N) is 1. The molecule has 6 nitrogen and oxygen atoms in total. The fourth-order valence-electron chi connectivity index (χ4n) is 3.43. The molecular weight excluding hydrogens is 342 g/mol. The number of likely N-dealkylation sites (N-methyl/N-ethyl adjacent to an activating group) is 1. The number of carbonyl (C=O) groups excluding carboxylic acids is 2. The first-order chi connectivity index (χ1) is 13.0. The fourth-order valence-corrected chi connectivity index (χ4v) is 3.43. The van der Waals surface area contributed by atoms with E-state index in [0.29, 0.717) is 5.69 Å². The predicted octanol–water partition coefficient (Wildman–Crippen LogP) is 2.54. The lowest BCUT2D eigenvalue weighted by Crippen LogP contribution is -2.43. The number of ether oxygens (including phenoxy) is 1. The van der Waals surface area contributed by atoms with Crippen LogP contribution in [0.3, 0.4) is 0 Å². The number of hydrogen-bond donors (Lipinski definition) is 1. The lowest BCUT2D eigenvalue weighted by molar-refractivity contribution is -0.121. The summed E-state index contributed by atoms with van der Waals surface area (Å²) < 4.78 is 5.10. The molecule has 2 amide bonds. The third-order valence-corrected chi connectivity index (χ3v) is 4.67. The van der Waals surface area contributed by atoms with Crippen LogP contribution in [-0.2, 0) is 16.0 Å². The number of amides is 2. The van der Waals surface area contributed by atoms with Gasteiger partial charge in [0.15, 0.2) is 0 Å². The van der Waals surface area contributed by atoms with Crippen molar-refractivity contribution < 1.29 is 14.3 Å². The number of anilines is 2. The van der Waals surface area contributed by atoms with Gasteiger partial charge in [-0.3, -0.25) is 14.5 Å². The quantitative estimate of drug-likeness (QED) is 0.852. The molecule has 27 heavy (non-hydrogen) atoms. The minimum absolute atomic E-state index is 0.00666. The molecule has 0 unspecified atom stereocenters. The highest BCUT2D eigenvalue weighted by atomic mass is 16.5. The van der Waals surface area contributed by atoms with Crippen LogP contribution in [0.2, 0.25) is 0 Å². The minimum Gasteiger partial charge on any atom is -0.497 e. The van der Waals surface area contributed by atoms with Crippen LogP contribution in [0, 0.1) is 0 Å². The van der Waals surface area contributed by atoms with Gasteiger partial charge in [-0.05, 0) is 56.3 Å². The molecule has 1 N–H and O–H groups in total. The summed E-state index contributed by atoms with van der Waals surface area (Å²) in [6, 6.07) is 15.3. The number of benzene rings is 2. The molecule has 0 aromatic heterocycles. The highest BCUT2D eigenvalue weighted by molar-refractivity contribution is 5.98. The molecule has 1 aliphatic heterocycles. The van der Waals surface area contributed by atoms with E-state index in [1.807, 2.05) is 30.0 Å². The molecule has 142 valence electrons. The Morgan fingerprint density at radius 3 is 2.56 bits per heavy atom. The third kappa shape index (κ3) is 4.46. The standard InChI is InChI=1S/C21H25N3O3/c1-15-12-16-6-4-5-7-19(16)24(15)21(26)14-23(2)13-20(25)22-17-8-10-18(27-3)11-9-17/h4-11,15H,12-14H2,1-3H3,(H,22,25)/t15-/m1/s1. The van der Waals surface area contributed by atoms with Crippen molar-refractivity contribution >= 4 is 23.2 Å². The first kappa shape index (κ1) is 18.9. The Bertz CT molecular complexity index is 820. The van der Waals surface area contributed by atoms with Crippen molar-refractivity contribution in [2.24, 2.45) is 0 Å². The number of nitrogens with zero attached hydrogens (tertiary/aromatic N) is 2. The van der Waals surface area contributed by atoms with Crippen LogP contribution in [0.4, 0.5) is 11.4 Å². The molecule has 1 heterocycles. The van der Waals surface area contributed by atoms with Crippen molar-refractivity contribution in [3.63, 3.8) is 0 Å². The van der Waals surface area contributed by atoms with Crippen molar-refractivity contribution in [3.8, 4) is 5.75 Å². The van der Waals surface area contributed by atoms with E-state index >= 15 is 0 Å². The van der Waals surface area contributed by atoms with E-state index in [-0.39, 0.29) is 30.9 Å². The van der Waals surface area contributed by atoms with Crippen molar-refractivity contribution in [1.82, 2.24) is 4.90 Å². The molecule has 0 spiro atoms. The van der Waals surface area contributed by atoms with Gasteiger partial charge in [-0.2, -0.15) is 0 Å². The normalized spacial score (nSPS) is 15.6. The van der Waals surface area contributed by atoms with Crippen molar-refractivity contribution in [2.75, 3.05) is 37.5 Å². The van der Waals surface area contributed by atoms with Gasteiger partial charge in [-0.15, -0.1) is 0 Å². The molecule has 0 bridgehead atoms. The summed E-state index contributed by atoms with van der Waals surface area (Å²) in [5, 5.41) is 2.83. The number of carbonyl (C=O) groups is 2. The topological polar surface area (TPSA) is 61.9 Å². The fraction of sp³-hybridized carbons (Fsp3) is 0.333. The van der Waals surface area contributed by atoms with E-state index in [1.165, 1.54) is 5.56 Å². The van der Waals surface area contributed by atoms with Gasteiger partial charge in [0.1, 0.15) is 5.75 Å². The second-order valence-electron chi connectivity index (χ2n) is 6.89. The van der Waals surface area contributed by atoms with Crippen LogP contribution in [-0.4, -0.2) is 50.0 Å². The zero-order chi connectivity index (χ0) is 19.4. The Kier molecular flexibility index (Phi) is 5.76. The Balaban J connectivity index is 1.54. The molecule has 1 atom stereocenters. The van der Waals surface area contributed by atoms with Gasteiger partial charge in [-0.1, -0.05) is 18.2 Å². The SMILES string of the molecule is COc1ccc(NC(=O)CN(C)CC(=O)N2c3ccccc3C[C@H]2C)cc1.